The van der Waals surface area contributed by atoms with Gasteiger partial charge in [-0.3, -0.25) is 9.59 Å². The maximum atomic E-state index is 11.7. The van der Waals surface area contributed by atoms with Crippen LogP contribution >= 0.6 is 12.8 Å². The van der Waals surface area contributed by atoms with Crippen LogP contribution in [0.1, 0.15) is 33.6 Å². The molecule has 0 aromatic heterocycles. The molecule has 0 spiro atoms. The van der Waals surface area contributed by atoms with E-state index in [1.165, 1.54) is 7.11 Å². The van der Waals surface area contributed by atoms with E-state index in [1.54, 1.807) is 20.8 Å². The molecule has 2 N–H and O–H groups in total. The molecule has 19 heavy (non-hydrogen) atoms. The van der Waals surface area contributed by atoms with Crippen LogP contribution in [0.3, 0.4) is 0 Å². The Hall–Kier alpha value is -1.44. The third-order valence-corrected chi connectivity index (χ3v) is 2.50. The number of thiol groups is 1. The molecule has 0 aliphatic rings. The van der Waals surface area contributed by atoms with Gasteiger partial charge in [-0.25, -0.2) is 9.10 Å². The van der Waals surface area contributed by atoms with Gasteiger partial charge < -0.3 is 15.2 Å². The van der Waals surface area contributed by atoms with Gasteiger partial charge in [0.05, 0.1) is 7.11 Å². The van der Waals surface area contributed by atoms with Gasteiger partial charge in [0.15, 0.2) is 0 Å². The minimum absolute atomic E-state index is 0.0186. The second-order valence-corrected chi connectivity index (χ2v) is 5.29. The first-order chi connectivity index (χ1) is 8.58. The Balaban J connectivity index is 4.66. The summed E-state index contributed by atoms with van der Waals surface area (Å²) in [6.45, 7) is 5.04. The number of nitrogens with zero attached hydrogens (tertiary/aromatic N) is 1. The van der Waals surface area contributed by atoms with Gasteiger partial charge in [-0.05, 0) is 27.2 Å². The lowest BCUT2D eigenvalue weighted by molar-refractivity contribution is -0.141. The van der Waals surface area contributed by atoms with E-state index in [1.807, 2.05) is 0 Å². The molecule has 0 aromatic rings. The molecule has 0 bridgehead atoms. The van der Waals surface area contributed by atoms with Crippen LogP contribution in [0.15, 0.2) is 0 Å². The first-order valence-corrected chi connectivity index (χ1v) is 6.05. The number of rotatable bonds is 5. The molecule has 7 nitrogen and oxygen atoms in total. The smallest absolute Gasteiger partial charge is 0.420 e. The normalized spacial score (nSPS) is 12.5. The van der Waals surface area contributed by atoms with Crippen LogP contribution < -0.4 is 5.73 Å². The topological polar surface area (TPSA) is 98.9 Å². The molecule has 0 aliphatic carbocycles. The van der Waals surface area contributed by atoms with Crippen molar-refractivity contribution >= 4 is 30.8 Å². The Kier molecular flexibility index (Phi) is 6.68. The highest BCUT2D eigenvalue weighted by atomic mass is 32.1. The van der Waals surface area contributed by atoms with Crippen molar-refractivity contribution in [2.24, 2.45) is 5.73 Å². The molecule has 0 saturated carbocycles. The fourth-order valence-corrected chi connectivity index (χ4v) is 1.45. The van der Waals surface area contributed by atoms with Gasteiger partial charge in [0.25, 0.3) is 0 Å². The summed E-state index contributed by atoms with van der Waals surface area (Å²) in [7, 11) is 1.23. The molecule has 2 amide bonds. The lowest BCUT2D eigenvalue weighted by Crippen LogP contribution is -2.45. The van der Waals surface area contributed by atoms with E-state index in [0.717, 1.165) is 4.31 Å². The number of hydrogen-bond donors (Lipinski definition) is 2. The zero-order chi connectivity index (χ0) is 15.2. The zero-order valence-corrected chi connectivity index (χ0v) is 12.4. The van der Waals surface area contributed by atoms with Crippen LogP contribution in [-0.2, 0) is 19.1 Å². The number of hydrogen-bond acceptors (Lipinski definition) is 6. The maximum absolute atomic E-state index is 11.7. The summed E-state index contributed by atoms with van der Waals surface area (Å²) >= 11 is 3.91. The van der Waals surface area contributed by atoms with E-state index in [2.05, 4.69) is 17.6 Å². The molecule has 0 radical (unpaired) electrons. The predicted molar refractivity (Wildman–Crippen MR) is 71.3 cm³/mol. The Bertz CT molecular complexity index is 353. The highest BCUT2D eigenvalue weighted by Gasteiger charge is 2.30. The number of ether oxygens (including phenoxy) is 2. The van der Waals surface area contributed by atoms with Gasteiger partial charge in [-0.2, -0.15) is 0 Å². The summed E-state index contributed by atoms with van der Waals surface area (Å²) in [6.07, 6.45) is -0.834. The van der Waals surface area contributed by atoms with Crippen molar-refractivity contribution in [2.75, 3.05) is 7.11 Å². The fourth-order valence-electron chi connectivity index (χ4n) is 1.18. The van der Waals surface area contributed by atoms with Crippen molar-refractivity contribution in [1.29, 1.82) is 0 Å². The van der Waals surface area contributed by atoms with E-state index in [9.17, 15) is 14.4 Å². The standard InChI is InChI=1S/C11H20N2O5S/c1-11(2,3)18-10(16)13(19)7(9(12)15)5-6-8(14)17-4/h7,19H,5-6H2,1-4H3,(H2,12,15). The zero-order valence-electron chi connectivity index (χ0n) is 11.5. The van der Waals surface area contributed by atoms with Crippen molar-refractivity contribution in [3.63, 3.8) is 0 Å². The molecule has 110 valence electrons. The Morgan fingerprint density at radius 2 is 1.84 bits per heavy atom. The summed E-state index contributed by atoms with van der Waals surface area (Å²) in [5.74, 6) is -1.28. The molecule has 0 aliphatic heterocycles. The van der Waals surface area contributed by atoms with E-state index < -0.39 is 29.6 Å². The molecule has 8 heteroatoms. The monoisotopic (exact) mass is 292 g/mol. The average molecular weight is 292 g/mol. The first-order valence-electron chi connectivity index (χ1n) is 5.65. The van der Waals surface area contributed by atoms with Crippen LogP contribution in [0.2, 0.25) is 0 Å². The number of amides is 2. The van der Waals surface area contributed by atoms with Crippen molar-refractivity contribution < 1.29 is 23.9 Å². The summed E-state index contributed by atoms with van der Waals surface area (Å²) in [5.41, 5.74) is 4.46. The number of methoxy groups -OCH3 is 1. The van der Waals surface area contributed by atoms with E-state index >= 15 is 0 Å². The summed E-state index contributed by atoms with van der Waals surface area (Å²) in [6, 6.07) is -1.04. The van der Waals surface area contributed by atoms with E-state index in [-0.39, 0.29) is 12.8 Å². The lowest BCUT2D eigenvalue weighted by Gasteiger charge is -2.27. The Morgan fingerprint density at radius 1 is 1.32 bits per heavy atom. The predicted octanol–water partition coefficient (Wildman–Crippen LogP) is 0.875. The fraction of sp³-hybridized carbons (Fsp3) is 0.727. The molecule has 0 saturated heterocycles. The largest absolute Gasteiger partial charge is 0.469 e. The second kappa shape index (κ2) is 7.22. The third kappa shape index (κ3) is 6.90. The minimum Gasteiger partial charge on any atom is -0.469 e. The number of carbonyl (C=O) groups excluding carboxylic acids is 3. The molecule has 0 fully saturated rings. The number of primary amides is 1. The minimum atomic E-state index is -1.04. The Morgan fingerprint density at radius 3 is 2.21 bits per heavy atom. The van der Waals surface area contributed by atoms with Crippen LogP contribution in [-0.4, -0.2) is 41.0 Å². The third-order valence-electron chi connectivity index (χ3n) is 2.05. The first kappa shape index (κ1) is 17.6. The van der Waals surface area contributed by atoms with Crippen LogP contribution in [0, 0.1) is 0 Å². The molecule has 1 atom stereocenters. The summed E-state index contributed by atoms with van der Waals surface area (Å²) in [5, 5.41) is 0. The van der Waals surface area contributed by atoms with Crippen molar-refractivity contribution in [3.05, 3.63) is 0 Å². The molecule has 0 rings (SSSR count). The number of carbonyl (C=O) groups is 3. The molecule has 0 aromatic carbocycles. The summed E-state index contributed by atoms with van der Waals surface area (Å²) in [4.78, 5) is 34.0. The van der Waals surface area contributed by atoms with Gasteiger partial charge in [0.2, 0.25) is 5.91 Å². The molecule has 0 heterocycles. The van der Waals surface area contributed by atoms with Crippen LogP contribution in [0.5, 0.6) is 0 Å². The van der Waals surface area contributed by atoms with Gasteiger partial charge in [0.1, 0.15) is 11.6 Å². The number of esters is 1. The quantitative estimate of drug-likeness (QED) is 0.579. The van der Waals surface area contributed by atoms with Crippen LogP contribution in [0.25, 0.3) is 0 Å². The van der Waals surface area contributed by atoms with Gasteiger partial charge >= 0.3 is 12.1 Å². The highest BCUT2D eigenvalue weighted by Crippen LogP contribution is 2.16. The van der Waals surface area contributed by atoms with E-state index in [0.29, 0.717) is 0 Å². The van der Waals surface area contributed by atoms with Crippen molar-refractivity contribution in [2.45, 2.75) is 45.3 Å². The average Bonchev–Trinajstić information content (AvgIpc) is 2.25. The maximum Gasteiger partial charge on any atom is 0.420 e. The highest BCUT2D eigenvalue weighted by molar-refractivity contribution is 7.78. The molecular weight excluding hydrogens is 272 g/mol. The van der Waals surface area contributed by atoms with E-state index in [4.69, 9.17) is 10.5 Å². The van der Waals surface area contributed by atoms with Gasteiger partial charge in [-0.1, -0.05) is 12.8 Å². The SMILES string of the molecule is COC(=O)CCC(C(N)=O)N(S)C(=O)OC(C)(C)C. The van der Waals surface area contributed by atoms with Crippen molar-refractivity contribution in [1.82, 2.24) is 4.31 Å². The van der Waals surface area contributed by atoms with Crippen LogP contribution in [0.4, 0.5) is 4.79 Å². The second-order valence-electron chi connectivity index (χ2n) is 4.86. The Labute approximate surface area is 117 Å². The lowest BCUT2D eigenvalue weighted by atomic mass is 10.1. The van der Waals surface area contributed by atoms with Gasteiger partial charge in [0, 0.05) is 6.42 Å². The molecular formula is C11H20N2O5S. The number of nitrogens with two attached hydrogens (primary N) is 1. The van der Waals surface area contributed by atoms with Crippen molar-refractivity contribution in [3.8, 4) is 0 Å². The summed E-state index contributed by atoms with van der Waals surface area (Å²) < 4.78 is 10.3. The molecule has 1 unspecified atom stereocenters. The van der Waals surface area contributed by atoms with Gasteiger partial charge in [-0.15, -0.1) is 0 Å².